The summed E-state index contributed by atoms with van der Waals surface area (Å²) in [6, 6.07) is 1.76. The topological polar surface area (TPSA) is 75.7 Å². The maximum atomic E-state index is 12.6. The highest BCUT2D eigenvalue weighted by atomic mass is 19.4. The molecule has 0 saturated heterocycles. The van der Waals surface area contributed by atoms with Crippen molar-refractivity contribution < 1.29 is 28.1 Å². The zero-order valence-corrected chi connectivity index (χ0v) is 8.95. The number of alkyl halides is 3. The van der Waals surface area contributed by atoms with Crippen LogP contribution in [-0.2, 0) is 6.18 Å². The number of halogens is 3. The molecule has 0 aliphatic rings. The molecule has 17 heavy (non-hydrogen) atoms. The molecule has 4 N–H and O–H groups in total. The van der Waals surface area contributed by atoms with E-state index in [1.165, 1.54) is 0 Å². The number of methoxy groups -OCH3 is 1. The highest BCUT2D eigenvalue weighted by molar-refractivity contribution is 5.50. The molecule has 0 saturated carbocycles. The van der Waals surface area contributed by atoms with Crippen molar-refractivity contribution in [2.24, 2.45) is 5.73 Å². The second kappa shape index (κ2) is 4.80. The highest BCUT2D eigenvalue weighted by Crippen LogP contribution is 2.42. The summed E-state index contributed by atoms with van der Waals surface area (Å²) in [6.07, 6.45) is -5.98. The number of phenols is 1. The summed E-state index contributed by atoms with van der Waals surface area (Å²) in [4.78, 5) is 0. The Kier molecular flexibility index (Phi) is 3.84. The third-order valence-electron chi connectivity index (χ3n) is 2.23. The van der Waals surface area contributed by atoms with Crippen LogP contribution in [0.3, 0.4) is 0 Å². The van der Waals surface area contributed by atoms with Crippen molar-refractivity contribution in [1.29, 1.82) is 0 Å². The molecule has 1 atom stereocenters. The largest absolute Gasteiger partial charge is 0.504 e. The number of ether oxygens (including phenoxy) is 1. The zero-order chi connectivity index (χ0) is 13.2. The molecular formula is C10H12F3NO3. The molecule has 4 nitrogen and oxygen atoms in total. The van der Waals surface area contributed by atoms with Gasteiger partial charge in [-0.05, 0) is 17.7 Å². The van der Waals surface area contributed by atoms with Crippen LogP contribution in [0.2, 0.25) is 0 Å². The van der Waals surface area contributed by atoms with Crippen LogP contribution in [0.4, 0.5) is 13.2 Å². The fourth-order valence-electron chi connectivity index (χ4n) is 1.33. The van der Waals surface area contributed by atoms with Gasteiger partial charge < -0.3 is 20.7 Å². The van der Waals surface area contributed by atoms with Gasteiger partial charge in [0.15, 0.2) is 11.5 Å². The minimum Gasteiger partial charge on any atom is -0.504 e. The van der Waals surface area contributed by atoms with Gasteiger partial charge in [-0.15, -0.1) is 0 Å². The van der Waals surface area contributed by atoms with Gasteiger partial charge in [-0.25, -0.2) is 0 Å². The average molecular weight is 251 g/mol. The van der Waals surface area contributed by atoms with Gasteiger partial charge in [-0.3, -0.25) is 0 Å². The minimum absolute atomic E-state index is 0.0607. The molecule has 1 aromatic carbocycles. The van der Waals surface area contributed by atoms with Crippen molar-refractivity contribution in [3.63, 3.8) is 0 Å². The van der Waals surface area contributed by atoms with E-state index in [4.69, 9.17) is 5.73 Å². The van der Waals surface area contributed by atoms with E-state index in [1.807, 2.05) is 0 Å². The average Bonchev–Trinajstić information content (AvgIpc) is 2.26. The highest BCUT2D eigenvalue weighted by Gasteiger charge is 2.36. The maximum absolute atomic E-state index is 12.6. The Morgan fingerprint density at radius 2 is 2.00 bits per heavy atom. The molecule has 96 valence electrons. The molecular weight excluding hydrogens is 239 g/mol. The third-order valence-corrected chi connectivity index (χ3v) is 2.23. The quantitative estimate of drug-likeness (QED) is 0.759. The Morgan fingerprint density at radius 1 is 1.41 bits per heavy atom. The summed E-state index contributed by atoms with van der Waals surface area (Å²) in [7, 11) is 1.12. The van der Waals surface area contributed by atoms with Crippen LogP contribution in [0.15, 0.2) is 12.1 Å². The van der Waals surface area contributed by atoms with Crippen molar-refractivity contribution in [1.82, 2.24) is 0 Å². The number of aromatic hydroxyl groups is 1. The summed E-state index contributed by atoms with van der Waals surface area (Å²) in [5.74, 6) is -1.37. The van der Waals surface area contributed by atoms with E-state index in [9.17, 15) is 23.4 Å². The fraction of sp³-hybridized carbons (Fsp3) is 0.400. The van der Waals surface area contributed by atoms with E-state index in [-0.39, 0.29) is 17.9 Å². The molecule has 1 rings (SSSR count). The molecule has 0 fully saturated rings. The zero-order valence-electron chi connectivity index (χ0n) is 8.95. The lowest BCUT2D eigenvalue weighted by molar-refractivity contribution is -0.139. The molecule has 0 heterocycles. The Labute approximate surface area is 95.4 Å². The molecule has 1 aromatic rings. The number of aliphatic hydroxyl groups excluding tert-OH is 1. The summed E-state index contributed by atoms with van der Waals surface area (Å²) in [6.45, 7) is -0.231. The van der Waals surface area contributed by atoms with Crippen LogP contribution < -0.4 is 10.5 Å². The van der Waals surface area contributed by atoms with Crippen LogP contribution in [-0.4, -0.2) is 23.9 Å². The van der Waals surface area contributed by atoms with Crippen LogP contribution in [0, 0.1) is 0 Å². The number of benzene rings is 1. The second-order valence-electron chi connectivity index (χ2n) is 3.37. The molecule has 7 heteroatoms. The van der Waals surface area contributed by atoms with Gasteiger partial charge in [0.2, 0.25) is 0 Å². The summed E-state index contributed by atoms with van der Waals surface area (Å²) in [5.41, 5.74) is 3.83. The summed E-state index contributed by atoms with van der Waals surface area (Å²) < 4.78 is 42.4. The molecule has 0 spiro atoms. The monoisotopic (exact) mass is 251 g/mol. The van der Waals surface area contributed by atoms with Crippen molar-refractivity contribution >= 4 is 0 Å². The standard InChI is InChI=1S/C10H12F3NO3/c1-17-8-3-5(7(15)4-14)2-6(9(8)16)10(11,12)13/h2-3,7,15-16H,4,14H2,1H3. The number of nitrogens with two attached hydrogens (primary N) is 1. The first kappa shape index (κ1) is 13.6. The Hall–Kier alpha value is -1.47. The van der Waals surface area contributed by atoms with E-state index in [0.29, 0.717) is 6.07 Å². The van der Waals surface area contributed by atoms with E-state index < -0.39 is 23.6 Å². The SMILES string of the molecule is COc1cc(C(O)CN)cc(C(F)(F)F)c1O. The predicted molar refractivity (Wildman–Crippen MR) is 53.7 cm³/mol. The Bertz CT molecular complexity index is 407. The summed E-state index contributed by atoms with van der Waals surface area (Å²) >= 11 is 0. The first-order chi connectivity index (χ1) is 7.81. The number of hydrogen-bond donors (Lipinski definition) is 3. The molecule has 0 amide bonds. The normalized spacial score (nSPS) is 13.5. The molecule has 1 unspecified atom stereocenters. The smallest absolute Gasteiger partial charge is 0.420 e. The van der Waals surface area contributed by atoms with Crippen LogP contribution in [0.1, 0.15) is 17.2 Å². The Morgan fingerprint density at radius 3 is 2.41 bits per heavy atom. The van der Waals surface area contributed by atoms with Gasteiger partial charge in [-0.1, -0.05) is 0 Å². The minimum atomic E-state index is -4.73. The number of phenolic OH excluding ortho intramolecular Hbond substituents is 1. The van der Waals surface area contributed by atoms with Crippen molar-refractivity contribution in [2.75, 3.05) is 13.7 Å². The van der Waals surface area contributed by atoms with E-state index in [2.05, 4.69) is 4.74 Å². The first-order valence-electron chi connectivity index (χ1n) is 4.67. The molecule has 0 bridgehead atoms. The lowest BCUT2D eigenvalue weighted by Gasteiger charge is -2.16. The van der Waals surface area contributed by atoms with Gasteiger partial charge in [0.05, 0.1) is 13.2 Å². The van der Waals surface area contributed by atoms with Crippen LogP contribution in [0.25, 0.3) is 0 Å². The number of hydrogen-bond acceptors (Lipinski definition) is 4. The predicted octanol–water partition coefficient (Wildman–Crippen LogP) is 1.41. The number of rotatable bonds is 3. The molecule has 0 aromatic heterocycles. The lowest BCUT2D eigenvalue weighted by Crippen LogP contribution is -2.14. The van der Waals surface area contributed by atoms with Gasteiger partial charge in [0.1, 0.15) is 5.56 Å². The third kappa shape index (κ3) is 2.80. The van der Waals surface area contributed by atoms with Crippen molar-refractivity contribution in [2.45, 2.75) is 12.3 Å². The maximum Gasteiger partial charge on any atom is 0.420 e. The Balaban J connectivity index is 3.39. The van der Waals surface area contributed by atoms with Gasteiger partial charge >= 0.3 is 6.18 Å². The molecule has 0 aliphatic heterocycles. The first-order valence-corrected chi connectivity index (χ1v) is 4.67. The van der Waals surface area contributed by atoms with E-state index in [1.54, 1.807) is 0 Å². The second-order valence-corrected chi connectivity index (χ2v) is 3.37. The lowest BCUT2D eigenvalue weighted by atomic mass is 10.0. The van der Waals surface area contributed by atoms with Gasteiger partial charge in [0, 0.05) is 6.54 Å². The van der Waals surface area contributed by atoms with E-state index >= 15 is 0 Å². The van der Waals surface area contributed by atoms with E-state index in [0.717, 1.165) is 13.2 Å². The van der Waals surface area contributed by atoms with Crippen LogP contribution in [0.5, 0.6) is 11.5 Å². The van der Waals surface area contributed by atoms with Crippen molar-refractivity contribution in [3.8, 4) is 11.5 Å². The fourth-order valence-corrected chi connectivity index (χ4v) is 1.33. The van der Waals surface area contributed by atoms with Crippen LogP contribution >= 0.6 is 0 Å². The van der Waals surface area contributed by atoms with Gasteiger partial charge in [-0.2, -0.15) is 13.2 Å². The molecule has 0 aliphatic carbocycles. The van der Waals surface area contributed by atoms with Gasteiger partial charge in [0.25, 0.3) is 0 Å². The summed E-state index contributed by atoms with van der Waals surface area (Å²) in [5, 5.41) is 18.7. The van der Waals surface area contributed by atoms with Crippen molar-refractivity contribution in [3.05, 3.63) is 23.3 Å². The molecule has 0 radical (unpaired) electrons. The number of aliphatic hydroxyl groups is 1.